The third-order valence-corrected chi connectivity index (χ3v) is 4.62. The van der Waals surface area contributed by atoms with Crippen LogP contribution in [0.25, 0.3) is 0 Å². The average Bonchev–Trinajstić information content (AvgIpc) is 2.96. The number of hydrogen-bond acceptors (Lipinski definition) is 4. The Balaban J connectivity index is 0.00000242. The third-order valence-electron chi connectivity index (χ3n) is 4.62. The van der Waals surface area contributed by atoms with Crippen LogP contribution in [0.4, 0.5) is 0 Å². The molecule has 0 aromatic heterocycles. The van der Waals surface area contributed by atoms with Gasteiger partial charge in [-0.2, -0.15) is 0 Å². The van der Waals surface area contributed by atoms with E-state index in [9.17, 15) is 4.79 Å². The number of likely N-dealkylation sites (tertiary alicyclic amines) is 2. The van der Waals surface area contributed by atoms with E-state index in [0.29, 0.717) is 18.6 Å². The summed E-state index contributed by atoms with van der Waals surface area (Å²) in [6, 6.07) is 0.139. The van der Waals surface area contributed by atoms with E-state index in [1.54, 1.807) is 0 Å². The lowest BCUT2D eigenvalue weighted by molar-refractivity contribution is -0.138. The maximum Gasteiger partial charge on any atom is 0.239 e. The van der Waals surface area contributed by atoms with Crippen LogP contribution in [-0.4, -0.2) is 67.2 Å². The molecule has 0 radical (unpaired) electrons. The van der Waals surface area contributed by atoms with Crippen molar-refractivity contribution in [3.63, 3.8) is 0 Å². The van der Waals surface area contributed by atoms with Crippen molar-refractivity contribution < 1.29 is 9.53 Å². The van der Waals surface area contributed by atoms with Crippen molar-refractivity contribution in [2.75, 3.05) is 39.3 Å². The van der Waals surface area contributed by atoms with Crippen LogP contribution in [0, 0.1) is 0 Å². The number of hydrogen-bond donors (Lipinski definition) is 1. The SMILES string of the molecule is CCCN1CCCC1C(=O)N1CCC(OCCCN)CC1.Cl.Cl. The minimum atomic E-state index is 0. The highest BCUT2D eigenvalue weighted by Crippen LogP contribution is 2.22. The minimum Gasteiger partial charge on any atom is -0.378 e. The van der Waals surface area contributed by atoms with E-state index in [0.717, 1.165) is 71.3 Å². The molecule has 0 bridgehead atoms. The summed E-state index contributed by atoms with van der Waals surface area (Å²) in [6.07, 6.45) is 6.50. The molecule has 1 atom stereocenters. The second kappa shape index (κ2) is 12.3. The number of piperidine rings is 1. The maximum atomic E-state index is 12.7. The molecule has 7 heteroatoms. The van der Waals surface area contributed by atoms with Crippen molar-refractivity contribution in [2.24, 2.45) is 5.73 Å². The molecule has 5 nitrogen and oxygen atoms in total. The van der Waals surface area contributed by atoms with Gasteiger partial charge in [-0.15, -0.1) is 24.8 Å². The lowest BCUT2D eigenvalue weighted by Gasteiger charge is -2.35. The van der Waals surface area contributed by atoms with Gasteiger partial charge in [0.05, 0.1) is 12.1 Å². The van der Waals surface area contributed by atoms with Crippen LogP contribution in [0.3, 0.4) is 0 Å². The molecule has 2 saturated heterocycles. The van der Waals surface area contributed by atoms with Gasteiger partial charge in [0, 0.05) is 19.7 Å². The van der Waals surface area contributed by atoms with Crippen molar-refractivity contribution in [3.05, 3.63) is 0 Å². The van der Waals surface area contributed by atoms with Gasteiger partial charge in [0.15, 0.2) is 0 Å². The van der Waals surface area contributed by atoms with Crippen molar-refractivity contribution in [2.45, 2.75) is 57.6 Å². The van der Waals surface area contributed by atoms with E-state index >= 15 is 0 Å². The van der Waals surface area contributed by atoms with Gasteiger partial charge >= 0.3 is 0 Å². The summed E-state index contributed by atoms with van der Waals surface area (Å²) in [7, 11) is 0. The molecule has 23 heavy (non-hydrogen) atoms. The van der Waals surface area contributed by atoms with Crippen LogP contribution in [0.2, 0.25) is 0 Å². The Morgan fingerprint density at radius 1 is 1.17 bits per heavy atom. The van der Waals surface area contributed by atoms with Crippen LogP contribution in [0.5, 0.6) is 0 Å². The summed E-state index contributed by atoms with van der Waals surface area (Å²) < 4.78 is 5.81. The van der Waals surface area contributed by atoms with E-state index in [1.165, 1.54) is 0 Å². The van der Waals surface area contributed by atoms with Gasteiger partial charge in [-0.1, -0.05) is 6.92 Å². The van der Waals surface area contributed by atoms with Gasteiger partial charge in [0.25, 0.3) is 0 Å². The Hall–Kier alpha value is -0.0700. The minimum absolute atomic E-state index is 0. The molecular formula is C16H33Cl2N3O2. The first-order valence-electron chi connectivity index (χ1n) is 8.60. The number of nitrogens with two attached hydrogens (primary N) is 1. The Bertz CT molecular complexity index is 326. The van der Waals surface area contributed by atoms with Crippen LogP contribution >= 0.6 is 24.8 Å². The van der Waals surface area contributed by atoms with E-state index in [4.69, 9.17) is 10.5 Å². The average molecular weight is 370 g/mol. The van der Waals surface area contributed by atoms with E-state index < -0.39 is 0 Å². The highest BCUT2D eigenvalue weighted by molar-refractivity contribution is 5.85. The van der Waals surface area contributed by atoms with Gasteiger partial charge in [-0.05, 0) is 58.2 Å². The zero-order chi connectivity index (χ0) is 15.1. The zero-order valence-corrected chi connectivity index (χ0v) is 15.9. The molecule has 0 aromatic rings. The molecule has 0 saturated carbocycles. The third kappa shape index (κ3) is 6.75. The standard InChI is InChI=1S/C16H31N3O2.2ClH/c1-2-9-18-10-3-5-15(18)16(20)19-11-6-14(7-12-19)21-13-4-8-17;;/h14-15H,2-13,17H2,1H3;2*1H. The Kier molecular flexibility index (Phi) is 12.3. The Labute approximate surface area is 153 Å². The molecule has 2 rings (SSSR count). The molecule has 0 aliphatic carbocycles. The second-order valence-electron chi connectivity index (χ2n) is 6.23. The van der Waals surface area contributed by atoms with Gasteiger partial charge in [-0.3, -0.25) is 9.69 Å². The lowest BCUT2D eigenvalue weighted by atomic mass is 10.1. The van der Waals surface area contributed by atoms with Crippen LogP contribution < -0.4 is 5.73 Å². The number of amides is 1. The van der Waals surface area contributed by atoms with Crippen molar-refractivity contribution in [1.29, 1.82) is 0 Å². The first kappa shape index (κ1) is 22.9. The van der Waals surface area contributed by atoms with E-state index in [1.807, 2.05) is 0 Å². The fourth-order valence-corrected chi connectivity index (χ4v) is 3.45. The molecule has 2 fully saturated rings. The van der Waals surface area contributed by atoms with Crippen LogP contribution in [0.15, 0.2) is 0 Å². The predicted molar refractivity (Wildman–Crippen MR) is 98.6 cm³/mol. The predicted octanol–water partition coefficient (Wildman–Crippen LogP) is 2.06. The fraction of sp³-hybridized carbons (Fsp3) is 0.938. The maximum absolute atomic E-state index is 12.7. The molecule has 2 aliphatic rings. The zero-order valence-electron chi connectivity index (χ0n) is 14.2. The summed E-state index contributed by atoms with van der Waals surface area (Å²) in [5.41, 5.74) is 5.48. The molecule has 2 heterocycles. The Morgan fingerprint density at radius 2 is 1.87 bits per heavy atom. The molecule has 138 valence electrons. The molecule has 1 unspecified atom stereocenters. The van der Waals surface area contributed by atoms with Crippen molar-refractivity contribution in [3.8, 4) is 0 Å². The van der Waals surface area contributed by atoms with E-state index in [-0.39, 0.29) is 30.9 Å². The summed E-state index contributed by atoms with van der Waals surface area (Å²) in [5.74, 6) is 0.348. The topological polar surface area (TPSA) is 58.8 Å². The second-order valence-corrected chi connectivity index (χ2v) is 6.23. The lowest BCUT2D eigenvalue weighted by Crippen LogP contribution is -2.49. The summed E-state index contributed by atoms with van der Waals surface area (Å²) in [4.78, 5) is 17.1. The van der Waals surface area contributed by atoms with Crippen molar-refractivity contribution in [1.82, 2.24) is 9.80 Å². The molecule has 2 N–H and O–H groups in total. The highest BCUT2D eigenvalue weighted by atomic mass is 35.5. The summed E-state index contributed by atoms with van der Waals surface area (Å²) in [6.45, 7) is 7.46. The normalized spacial score (nSPS) is 22.5. The smallest absolute Gasteiger partial charge is 0.239 e. The monoisotopic (exact) mass is 369 g/mol. The number of halogens is 2. The molecule has 0 aromatic carbocycles. The molecule has 1 amide bonds. The first-order valence-corrected chi connectivity index (χ1v) is 8.60. The summed E-state index contributed by atoms with van der Waals surface area (Å²) >= 11 is 0. The molecular weight excluding hydrogens is 337 g/mol. The van der Waals surface area contributed by atoms with Gasteiger partial charge in [0.2, 0.25) is 5.91 Å². The fourth-order valence-electron chi connectivity index (χ4n) is 3.45. The number of ether oxygens (including phenoxy) is 1. The van der Waals surface area contributed by atoms with Crippen LogP contribution in [-0.2, 0) is 9.53 Å². The Morgan fingerprint density at radius 3 is 2.48 bits per heavy atom. The number of carbonyl (C=O) groups is 1. The number of rotatable bonds is 7. The largest absolute Gasteiger partial charge is 0.378 e. The van der Waals surface area contributed by atoms with Gasteiger partial charge < -0.3 is 15.4 Å². The summed E-state index contributed by atoms with van der Waals surface area (Å²) in [5, 5.41) is 0. The molecule has 2 aliphatic heterocycles. The molecule has 0 spiro atoms. The van der Waals surface area contributed by atoms with Gasteiger partial charge in [-0.25, -0.2) is 0 Å². The van der Waals surface area contributed by atoms with E-state index in [2.05, 4.69) is 16.7 Å². The highest BCUT2D eigenvalue weighted by Gasteiger charge is 2.34. The number of nitrogens with zero attached hydrogens (tertiary/aromatic N) is 2. The van der Waals surface area contributed by atoms with Gasteiger partial charge in [0.1, 0.15) is 0 Å². The number of carbonyl (C=O) groups excluding carboxylic acids is 1. The first-order chi connectivity index (χ1) is 10.3. The van der Waals surface area contributed by atoms with Crippen LogP contribution in [0.1, 0.15) is 45.4 Å². The quantitative estimate of drug-likeness (QED) is 0.697. The van der Waals surface area contributed by atoms with Crippen molar-refractivity contribution >= 4 is 30.7 Å².